The van der Waals surface area contributed by atoms with Gasteiger partial charge in [0, 0.05) is 30.7 Å². The van der Waals surface area contributed by atoms with Crippen molar-refractivity contribution in [3.63, 3.8) is 0 Å². The first-order chi connectivity index (χ1) is 12.8. The summed E-state index contributed by atoms with van der Waals surface area (Å²) in [4.78, 5) is 15.3. The highest BCUT2D eigenvalue weighted by molar-refractivity contribution is 5.99. The second kappa shape index (κ2) is 7.80. The average molecular weight is 356 g/mol. The predicted molar refractivity (Wildman–Crippen MR) is 101 cm³/mol. The first-order valence-corrected chi connectivity index (χ1v) is 9.80. The number of fused-ring (bicyclic) bond motifs is 1. The summed E-state index contributed by atoms with van der Waals surface area (Å²) >= 11 is 0. The topological polar surface area (TPSA) is 50.8 Å². The van der Waals surface area contributed by atoms with Crippen molar-refractivity contribution in [1.82, 2.24) is 10.2 Å². The van der Waals surface area contributed by atoms with Gasteiger partial charge in [-0.3, -0.25) is 9.69 Å². The van der Waals surface area contributed by atoms with Crippen LogP contribution in [-0.2, 0) is 9.53 Å². The fourth-order valence-electron chi connectivity index (χ4n) is 4.46. The van der Waals surface area contributed by atoms with Crippen LogP contribution in [0.4, 0.5) is 0 Å². The fraction of sp³-hybridized carbons (Fsp3) is 0.571. The van der Waals surface area contributed by atoms with Crippen molar-refractivity contribution in [1.29, 1.82) is 0 Å². The summed E-state index contributed by atoms with van der Waals surface area (Å²) in [5.41, 5.74) is 1.77. The van der Waals surface area contributed by atoms with Gasteiger partial charge in [-0.05, 0) is 25.0 Å². The molecule has 1 aromatic rings. The van der Waals surface area contributed by atoms with Crippen LogP contribution in [0.3, 0.4) is 0 Å². The molecule has 0 bridgehead atoms. The molecule has 0 aromatic heterocycles. The van der Waals surface area contributed by atoms with Crippen LogP contribution in [0.25, 0.3) is 6.08 Å². The summed E-state index contributed by atoms with van der Waals surface area (Å²) in [6, 6.07) is 7.84. The molecule has 1 saturated heterocycles. The van der Waals surface area contributed by atoms with Gasteiger partial charge in [-0.2, -0.15) is 0 Å². The van der Waals surface area contributed by atoms with Gasteiger partial charge in [-0.1, -0.05) is 37.5 Å². The summed E-state index contributed by atoms with van der Waals surface area (Å²) in [7, 11) is 0. The number of carbonyl (C=O) groups excluding carboxylic acids is 1. The molecule has 0 spiro atoms. The van der Waals surface area contributed by atoms with Crippen LogP contribution in [0.5, 0.6) is 5.75 Å². The number of hydrogen-bond donors (Lipinski definition) is 1. The monoisotopic (exact) mass is 356 g/mol. The Balaban J connectivity index is 1.44. The zero-order valence-electron chi connectivity index (χ0n) is 15.3. The molecule has 2 fully saturated rings. The molecule has 0 radical (unpaired) electrons. The lowest BCUT2D eigenvalue weighted by atomic mass is 9.79. The van der Waals surface area contributed by atoms with Crippen molar-refractivity contribution in [2.24, 2.45) is 0 Å². The Labute approximate surface area is 155 Å². The maximum Gasteiger partial charge on any atom is 0.250 e. The summed E-state index contributed by atoms with van der Waals surface area (Å²) in [5, 5.41) is 3.22. The van der Waals surface area contributed by atoms with Crippen molar-refractivity contribution in [2.45, 2.75) is 37.6 Å². The van der Waals surface area contributed by atoms with Crippen LogP contribution in [0, 0.1) is 0 Å². The minimum Gasteiger partial charge on any atom is -0.488 e. The van der Waals surface area contributed by atoms with Crippen molar-refractivity contribution in [2.75, 3.05) is 39.5 Å². The van der Waals surface area contributed by atoms with E-state index in [9.17, 15) is 4.79 Å². The standard InChI is InChI=1S/C21H28N2O3/c24-20(18-14-17-6-2-3-7-19(17)26-15-18)22-16-21(8-4-1-5-9-21)23-10-12-25-13-11-23/h2-3,6-7,14H,1,4-5,8-13,15-16H2,(H,22,24). The maximum absolute atomic E-state index is 12.8. The summed E-state index contributed by atoms with van der Waals surface area (Å²) in [6.07, 6.45) is 8.06. The maximum atomic E-state index is 12.8. The van der Waals surface area contributed by atoms with Gasteiger partial charge in [0.2, 0.25) is 0 Å². The molecule has 1 saturated carbocycles. The zero-order valence-corrected chi connectivity index (χ0v) is 15.3. The second-order valence-electron chi connectivity index (χ2n) is 7.56. The van der Waals surface area contributed by atoms with Crippen LogP contribution >= 0.6 is 0 Å². The lowest BCUT2D eigenvalue weighted by Crippen LogP contribution is -2.59. The number of carbonyl (C=O) groups is 1. The van der Waals surface area contributed by atoms with Crippen LogP contribution < -0.4 is 10.1 Å². The molecule has 26 heavy (non-hydrogen) atoms. The first kappa shape index (κ1) is 17.6. The van der Waals surface area contributed by atoms with E-state index in [-0.39, 0.29) is 11.4 Å². The van der Waals surface area contributed by atoms with Crippen LogP contribution in [-0.4, -0.2) is 55.8 Å². The van der Waals surface area contributed by atoms with Gasteiger partial charge in [0.15, 0.2) is 0 Å². The van der Waals surface area contributed by atoms with E-state index < -0.39 is 0 Å². The predicted octanol–water partition coefficient (Wildman–Crippen LogP) is 2.61. The zero-order chi connectivity index (χ0) is 17.8. The highest BCUT2D eigenvalue weighted by atomic mass is 16.5. The third-order valence-corrected chi connectivity index (χ3v) is 5.97. The highest BCUT2D eigenvalue weighted by Crippen LogP contribution is 2.34. The van der Waals surface area contributed by atoms with Gasteiger partial charge in [0.25, 0.3) is 5.91 Å². The van der Waals surface area contributed by atoms with Crippen LogP contribution in [0.2, 0.25) is 0 Å². The van der Waals surface area contributed by atoms with Gasteiger partial charge >= 0.3 is 0 Å². The largest absolute Gasteiger partial charge is 0.488 e. The second-order valence-corrected chi connectivity index (χ2v) is 7.56. The number of morpholine rings is 1. The number of rotatable bonds is 4. The molecule has 1 N–H and O–H groups in total. The van der Waals surface area contributed by atoms with Crippen molar-refractivity contribution in [3.05, 3.63) is 35.4 Å². The Bertz CT molecular complexity index is 674. The normalized spacial score (nSPS) is 22.7. The summed E-state index contributed by atoms with van der Waals surface area (Å²) in [5.74, 6) is 0.846. The van der Waals surface area contributed by atoms with E-state index in [0.717, 1.165) is 50.5 Å². The number of amides is 1. The van der Waals surface area contributed by atoms with E-state index in [1.165, 1.54) is 19.3 Å². The van der Waals surface area contributed by atoms with E-state index in [1.54, 1.807) is 0 Å². The van der Waals surface area contributed by atoms with Crippen molar-refractivity contribution in [3.8, 4) is 5.75 Å². The van der Waals surface area contributed by atoms with Crippen LogP contribution in [0.15, 0.2) is 29.8 Å². The molecule has 3 aliphatic rings. The minimum atomic E-state index is -0.00212. The number of ether oxygens (including phenoxy) is 2. The molecule has 1 amide bonds. The minimum absolute atomic E-state index is 0.00212. The third-order valence-electron chi connectivity index (χ3n) is 5.97. The van der Waals surface area contributed by atoms with E-state index in [1.807, 2.05) is 30.3 Å². The Kier molecular flexibility index (Phi) is 5.27. The lowest BCUT2D eigenvalue weighted by Gasteiger charge is -2.48. The van der Waals surface area contributed by atoms with E-state index in [0.29, 0.717) is 18.7 Å². The number of benzene rings is 1. The van der Waals surface area contributed by atoms with Crippen molar-refractivity contribution >= 4 is 12.0 Å². The molecule has 0 unspecified atom stereocenters. The van der Waals surface area contributed by atoms with Gasteiger partial charge in [-0.25, -0.2) is 0 Å². The molecule has 2 heterocycles. The SMILES string of the molecule is O=C(NCC1(N2CCOCC2)CCCCC1)C1=Cc2ccccc2OC1. The van der Waals surface area contributed by atoms with Crippen LogP contribution in [0.1, 0.15) is 37.7 Å². The average Bonchev–Trinajstić information content (AvgIpc) is 2.73. The number of para-hydroxylation sites is 1. The van der Waals surface area contributed by atoms with E-state index in [4.69, 9.17) is 9.47 Å². The van der Waals surface area contributed by atoms with Gasteiger partial charge < -0.3 is 14.8 Å². The van der Waals surface area contributed by atoms with Gasteiger partial charge in [0.1, 0.15) is 12.4 Å². The first-order valence-electron chi connectivity index (χ1n) is 9.80. The highest BCUT2D eigenvalue weighted by Gasteiger charge is 2.39. The molecular formula is C21H28N2O3. The number of nitrogens with zero attached hydrogens (tertiary/aromatic N) is 1. The molecular weight excluding hydrogens is 328 g/mol. The molecule has 1 aromatic carbocycles. The fourth-order valence-corrected chi connectivity index (χ4v) is 4.46. The molecule has 140 valence electrons. The molecule has 5 heteroatoms. The molecule has 2 aliphatic heterocycles. The Morgan fingerprint density at radius 1 is 1.12 bits per heavy atom. The molecule has 4 rings (SSSR count). The number of hydrogen-bond acceptors (Lipinski definition) is 4. The molecule has 0 atom stereocenters. The Hall–Kier alpha value is -1.85. The molecule has 1 aliphatic carbocycles. The summed E-state index contributed by atoms with van der Waals surface area (Å²) in [6.45, 7) is 4.58. The van der Waals surface area contributed by atoms with Crippen molar-refractivity contribution < 1.29 is 14.3 Å². The number of nitrogens with one attached hydrogen (secondary N) is 1. The summed E-state index contributed by atoms with van der Waals surface area (Å²) < 4.78 is 11.3. The van der Waals surface area contributed by atoms with Gasteiger partial charge in [-0.15, -0.1) is 0 Å². The van der Waals surface area contributed by atoms with E-state index in [2.05, 4.69) is 10.2 Å². The van der Waals surface area contributed by atoms with Gasteiger partial charge in [0.05, 0.1) is 18.8 Å². The van der Waals surface area contributed by atoms with E-state index >= 15 is 0 Å². The smallest absolute Gasteiger partial charge is 0.250 e. The third kappa shape index (κ3) is 3.64. The lowest BCUT2D eigenvalue weighted by molar-refractivity contribution is -0.119. The Morgan fingerprint density at radius 2 is 1.88 bits per heavy atom. The quantitative estimate of drug-likeness (QED) is 0.901. The molecule has 5 nitrogen and oxygen atoms in total. The Morgan fingerprint density at radius 3 is 2.69 bits per heavy atom.